The fourth-order valence-electron chi connectivity index (χ4n) is 2.64. The van der Waals surface area contributed by atoms with E-state index >= 15 is 0 Å². The van der Waals surface area contributed by atoms with Crippen molar-refractivity contribution in [3.8, 4) is 6.07 Å². The lowest BCUT2D eigenvalue weighted by atomic mass is 9.86. The van der Waals surface area contributed by atoms with Gasteiger partial charge < -0.3 is 10.4 Å². The number of carboxylic acid groups (broad SMARTS) is 1. The van der Waals surface area contributed by atoms with Gasteiger partial charge in [-0.05, 0) is 31.6 Å². The predicted molar refractivity (Wildman–Crippen MR) is 69.9 cm³/mol. The minimum absolute atomic E-state index is 0.143. The van der Waals surface area contributed by atoms with Crippen LogP contribution < -0.4 is 5.32 Å². The average Bonchev–Trinajstić information content (AvgIpc) is 2.34. The van der Waals surface area contributed by atoms with Crippen molar-refractivity contribution in [1.82, 2.24) is 5.32 Å². The van der Waals surface area contributed by atoms with Crippen molar-refractivity contribution in [2.45, 2.75) is 52.0 Å². The molecule has 0 aliphatic heterocycles. The Bertz CT molecular complexity index is 309. The molecule has 18 heavy (non-hydrogen) atoms. The standard InChI is InChI=1S/C14H24N2O2/c1-10(2)6-12(14(17)18)9-16-13-5-3-4-11(7-13)8-15/h10-13,16H,3-7,9H2,1-2H3,(H,17,18). The summed E-state index contributed by atoms with van der Waals surface area (Å²) >= 11 is 0. The van der Waals surface area contributed by atoms with Crippen LogP contribution in [0.4, 0.5) is 0 Å². The number of nitriles is 1. The third-order valence-corrected chi connectivity index (χ3v) is 3.61. The first kappa shape index (κ1) is 15.0. The van der Waals surface area contributed by atoms with Crippen LogP contribution in [0.2, 0.25) is 0 Å². The quantitative estimate of drug-likeness (QED) is 0.761. The van der Waals surface area contributed by atoms with Gasteiger partial charge >= 0.3 is 5.97 Å². The van der Waals surface area contributed by atoms with Gasteiger partial charge in [0.05, 0.1) is 12.0 Å². The topological polar surface area (TPSA) is 73.1 Å². The first-order chi connectivity index (χ1) is 8.52. The Labute approximate surface area is 109 Å². The van der Waals surface area contributed by atoms with Crippen molar-refractivity contribution in [3.63, 3.8) is 0 Å². The van der Waals surface area contributed by atoms with Crippen LogP contribution in [-0.4, -0.2) is 23.7 Å². The number of nitrogens with zero attached hydrogens (tertiary/aromatic N) is 1. The summed E-state index contributed by atoms with van der Waals surface area (Å²) in [6.45, 7) is 4.61. The molecule has 1 rings (SSSR count). The van der Waals surface area contributed by atoms with Gasteiger partial charge in [-0.15, -0.1) is 0 Å². The molecule has 0 bridgehead atoms. The lowest BCUT2D eigenvalue weighted by Crippen LogP contribution is -2.39. The Balaban J connectivity index is 2.37. The molecule has 4 nitrogen and oxygen atoms in total. The summed E-state index contributed by atoms with van der Waals surface area (Å²) in [6.07, 6.45) is 4.69. The normalized spacial score (nSPS) is 25.7. The molecule has 3 unspecified atom stereocenters. The zero-order valence-corrected chi connectivity index (χ0v) is 11.4. The van der Waals surface area contributed by atoms with E-state index in [1.54, 1.807) is 0 Å². The van der Waals surface area contributed by atoms with Crippen molar-refractivity contribution in [1.29, 1.82) is 5.26 Å². The highest BCUT2D eigenvalue weighted by atomic mass is 16.4. The third-order valence-electron chi connectivity index (χ3n) is 3.61. The summed E-state index contributed by atoms with van der Waals surface area (Å²) in [6, 6.07) is 2.64. The zero-order valence-electron chi connectivity index (χ0n) is 11.4. The molecule has 0 aromatic rings. The van der Waals surface area contributed by atoms with Gasteiger partial charge in [-0.25, -0.2) is 0 Å². The van der Waals surface area contributed by atoms with Crippen LogP contribution in [0.15, 0.2) is 0 Å². The van der Waals surface area contributed by atoms with E-state index in [2.05, 4.69) is 11.4 Å². The van der Waals surface area contributed by atoms with E-state index in [1.165, 1.54) is 0 Å². The Morgan fingerprint density at radius 2 is 2.22 bits per heavy atom. The van der Waals surface area contributed by atoms with Crippen LogP contribution >= 0.6 is 0 Å². The number of rotatable bonds is 6. The van der Waals surface area contributed by atoms with Crippen molar-refractivity contribution >= 4 is 5.97 Å². The van der Waals surface area contributed by atoms with Crippen LogP contribution in [0.25, 0.3) is 0 Å². The fraction of sp³-hybridized carbons (Fsp3) is 0.857. The molecule has 0 aromatic carbocycles. The van der Waals surface area contributed by atoms with Gasteiger partial charge in [-0.1, -0.05) is 20.3 Å². The van der Waals surface area contributed by atoms with Gasteiger partial charge in [-0.2, -0.15) is 5.26 Å². The maximum atomic E-state index is 11.1. The summed E-state index contributed by atoms with van der Waals surface area (Å²) in [7, 11) is 0. The highest BCUT2D eigenvalue weighted by Crippen LogP contribution is 2.24. The highest BCUT2D eigenvalue weighted by molar-refractivity contribution is 5.70. The number of nitrogens with one attached hydrogen (secondary N) is 1. The molecule has 102 valence electrons. The van der Waals surface area contributed by atoms with Crippen molar-refractivity contribution < 1.29 is 9.90 Å². The number of carboxylic acids is 1. The fourth-order valence-corrected chi connectivity index (χ4v) is 2.64. The van der Waals surface area contributed by atoms with Gasteiger partial charge in [0, 0.05) is 18.5 Å². The van der Waals surface area contributed by atoms with Gasteiger partial charge in [0.2, 0.25) is 0 Å². The number of aliphatic carboxylic acids is 1. The van der Waals surface area contributed by atoms with E-state index < -0.39 is 5.97 Å². The molecule has 0 amide bonds. The lowest BCUT2D eigenvalue weighted by Gasteiger charge is -2.27. The van der Waals surface area contributed by atoms with E-state index in [4.69, 9.17) is 10.4 Å². The summed E-state index contributed by atoms with van der Waals surface area (Å²) in [5, 5.41) is 21.4. The number of hydrogen-bond donors (Lipinski definition) is 2. The Kier molecular flexibility index (Phi) is 6.14. The number of carbonyl (C=O) groups is 1. The molecular formula is C14H24N2O2. The van der Waals surface area contributed by atoms with E-state index in [0.717, 1.165) is 25.7 Å². The van der Waals surface area contributed by atoms with Crippen molar-refractivity contribution in [2.24, 2.45) is 17.8 Å². The van der Waals surface area contributed by atoms with Gasteiger partial charge in [0.1, 0.15) is 0 Å². The molecular weight excluding hydrogens is 228 g/mol. The number of hydrogen-bond acceptors (Lipinski definition) is 3. The van der Waals surface area contributed by atoms with Crippen molar-refractivity contribution in [2.75, 3.05) is 6.54 Å². The second-order valence-corrected chi connectivity index (χ2v) is 5.76. The van der Waals surface area contributed by atoms with E-state index in [9.17, 15) is 4.79 Å². The van der Waals surface area contributed by atoms with Crippen LogP contribution in [0.3, 0.4) is 0 Å². The van der Waals surface area contributed by atoms with Crippen LogP contribution in [0.1, 0.15) is 46.0 Å². The van der Waals surface area contributed by atoms with Crippen molar-refractivity contribution in [3.05, 3.63) is 0 Å². The summed E-state index contributed by atoms with van der Waals surface area (Å²) in [4.78, 5) is 11.1. The second-order valence-electron chi connectivity index (χ2n) is 5.76. The molecule has 1 saturated carbocycles. The SMILES string of the molecule is CC(C)CC(CNC1CCCC(C#N)C1)C(=O)O. The van der Waals surface area contributed by atoms with Crippen LogP contribution in [0.5, 0.6) is 0 Å². The molecule has 1 aliphatic carbocycles. The smallest absolute Gasteiger partial charge is 0.307 e. The monoisotopic (exact) mass is 252 g/mol. The maximum absolute atomic E-state index is 11.1. The molecule has 1 fully saturated rings. The van der Waals surface area contributed by atoms with Crippen LogP contribution in [-0.2, 0) is 4.79 Å². The summed E-state index contributed by atoms with van der Waals surface area (Å²) in [5.41, 5.74) is 0. The van der Waals surface area contributed by atoms with E-state index in [0.29, 0.717) is 24.9 Å². The molecule has 2 N–H and O–H groups in total. The molecule has 0 heterocycles. The molecule has 0 spiro atoms. The Morgan fingerprint density at radius 1 is 1.50 bits per heavy atom. The molecule has 0 radical (unpaired) electrons. The minimum atomic E-state index is -0.719. The average molecular weight is 252 g/mol. The molecule has 4 heteroatoms. The minimum Gasteiger partial charge on any atom is -0.481 e. The molecule has 3 atom stereocenters. The predicted octanol–water partition coefficient (Wildman–Crippen LogP) is 2.41. The zero-order chi connectivity index (χ0) is 13.5. The lowest BCUT2D eigenvalue weighted by molar-refractivity contribution is -0.142. The Morgan fingerprint density at radius 3 is 2.78 bits per heavy atom. The van der Waals surface area contributed by atoms with E-state index in [1.807, 2.05) is 13.8 Å². The second kappa shape index (κ2) is 7.38. The van der Waals surface area contributed by atoms with Gasteiger partial charge in [-0.3, -0.25) is 4.79 Å². The summed E-state index contributed by atoms with van der Waals surface area (Å²) in [5.74, 6) is -0.493. The summed E-state index contributed by atoms with van der Waals surface area (Å²) < 4.78 is 0. The third kappa shape index (κ3) is 5.05. The first-order valence-electron chi connectivity index (χ1n) is 6.88. The van der Waals surface area contributed by atoms with E-state index in [-0.39, 0.29) is 11.8 Å². The molecule has 0 saturated heterocycles. The van der Waals surface area contributed by atoms with Gasteiger partial charge in [0.15, 0.2) is 0 Å². The first-order valence-corrected chi connectivity index (χ1v) is 6.88. The highest BCUT2D eigenvalue weighted by Gasteiger charge is 2.24. The largest absolute Gasteiger partial charge is 0.481 e. The molecule has 0 aromatic heterocycles. The Hall–Kier alpha value is -1.08. The molecule has 1 aliphatic rings. The maximum Gasteiger partial charge on any atom is 0.307 e. The van der Waals surface area contributed by atoms with Crippen LogP contribution in [0, 0.1) is 29.1 Å². The van der Waals surface area contributed by atoms with Gasteiger partial charge in [0.25, 0.3) is 0 Å².